The second kappa shape index (κ2) is 5.52. The fraction of sp³-hybridized carbons (Fsp3) is 0.538. The maximum atomic E-state index is 6.24. The average Bonchev–Trinajstić information content (AvgIpc) is 2.98. The Bertz CT molecular complexity index is 367. The Balaban J connectivity index is 1.90. The summed E-state index contributed by atoms with van der Waals surface area (Å²) >= 11 is 9.68. The van der Waals surface area contributed by atoms with Gasteiger partial charge in [0.15, 0.2) is 0 Å². The minimum absolute atomic E-state index is 0.671. The van der Waals surface area contributed by atoms with Gasteiger partial charge in [0.05, 0.1) is 0 Å². The van der Waals surface area contributed by atoms with Crippen molar-refractivity contribution < 1.29 is 0 Å². The molecule has 0 saturated heterocycles. The molecule has 0 aromatic heterocycles. The quantitative estimate of drug-likeness (QED) is 0.804. The largest absolute Gasteiger partial charge is 0.316 e. The monoisotopic (exact) mass is 301 g/mol. The number of benzene rings is 1. The van der Waals surface area contributed by atoms with Gasteiger partial charge in [0.2, 0.25) is 0 Å². The SMILES string of the molecule is CCCNCC1CC1c1ccc(Br)cc1Cl. The van der Waals surface area contributed by atoms with Gasteiger partial charge in [0, 0.05) is 9.50 Å². The molecular weight excluding hydrogens is 286 g/mol. The Kier molecular flexibility index (Phi) is 4.28. The standard InChI is InChI=1S/C13H17BrClN/c1-2-5-16-8-9-6-12(9)11-4-3-10(14)7-13(11)15/h3-4,7,9,12,16H,2,5-6,8H2,1H3. The Morgan fingerprint density at radius 2 is 2.31 bits per heavy atom. The third-order valence-electron chi connectivity index (χ3n) is 3.12. The first-order valence-electron chi connectivity index (χ1n) is 5.88. The lowest BCUT2D eigenvalue weighted by Gasteiger charge is -2.05. The van der Waals surface area contributed by atoms with E-state index in [1.165, 1.54) is 18.4 Å². The van der Waals surface area contributed by atoms with Gasteiger partial charge in [-0.15, -0.1) is 0 Å². The summed E-state index contributed by atoms with van der Waals surface area (Å²) in [6, 6.07) is 6.22. The number of rotatable bonds is 5. The van der Waals surface area contributed by atoms with Crippen LogP contribution >= 0.6 is 27.5 Å². The van der Waals surface area contributed by atoms with Crippen molar-refractivity contribution in [3.8, 4) is 0 Å². The van der Waals surface area contributed by atoms with Gasteiger partial charge in [0.25, 0.3) is 0 Å². The summed E-state index contributed by atoms with van der Waals surface area (Å²) in [5.41, 5.74) is 1.31. The van der Waals surface area contributed by atoms with E-state index in [-0.39, 0.29) is 0 Å². The van der Waals surface area contributed by atoms with E-state index in [1.807, 2.05) is 6.07 Å². The van der Waals surface area contributed by atoms with E-state index in [4.69, 9.17) is 11.6 Å². The van der Waals surface area contributed by atoms with Crippen LogP contribution in [0.15, 0.2) is 22.7 Å². The molecule has 0 bridgehead atoms. The van der Waals surface area contributed by atoms with E-state index in [2.05, 4.69) is 40.3 Å². The molecular formula is C13H17BrClN. The summed E-state index contributed by atoms with van der Waals surface area (Å²) in [5.74, 6) is 1.45. The molecule has 0 amide bonds. The lowest BCUT2D eigenvalue weighted by atomic mass is 10.1. The number of hydrogen-bond donors (Lipinski definition) is 1. The highest BCUT2D eigenvalue weighted by atomic mass is 79.9. The van der Waals surface area contributed by atoms with Crippen molar-refractivity contribution in [3.63, 3.8) is 0 Å². The fourth-order valence-corrected chi connectivity index (χ4v) is 2.93. The van der Waals surface area contributed by atoms with Crippen LogP contribution in [0.25, 0.3) is 0 Å². The van der Waals surface area contributed by atoms with Gasteiger partial charge in [-0.25, -0.2) is 0 Å². The molecule has 16 heavy (non-hydrogen) atoms. The maximum Gasteiger partial charge on any atom is 0.0452 e. The summed E-state index contributed by atoms with van der Waals surface area (Å²) in [6.07, 6.45) is 2.48. The van der Waals surface area contributed by atoms with Gasteiger partial charge in [-0.2, -0.15) is 0 Å². The molecule has 1 aromatic carbocycles. The molecule has 2 rings (SSSR count). The molecule has 1 aromatic rings. The molecule has 0 radical (unpaired) electrons. The van der Waals surface area contributed by atoms with E-state index in [0.29, 0.717) is 5.92 Å². The van der Waals surface area contributed by atoms with Crippen LogP contribution in [0.2, 0.25) is 5.02 Å². The van der Waals surface area contributed by atoms with Crippen LogP contribution in [0.3, 0.4) is 0 Å². The van der Waals surface area contributed by atoms with Crippen molar-refractivity contribution in [2.45, 2.75) is 25.7 Å². The van der Waals surface area contributed by atoms with Crippen LogP contribution in [0, 0.1) is 5.92 Å². The number of hydrogen-bond acceptors (Lipinski definition) is 1. The Hall–Kier alpha value is -0.0500. The molecule has 1 nitrogen and oxygen atoms in total. The zero-order chi connectivity index (χ0) is 11.5. The molecule has 2 atom stereocenters. The highest BCUT2D eigenvalue weighted by Gasteiger charge is 2.38. The van der Waals surface area contributed by atoms with Crippen molar-refractivity contribution in [2.24, 2.45) is 5.92 Å². The van der Waals surface area contributed by atoms with Gasteiger partial charge in [-0.3, -0.25) is 0 Å². The van der Waals surface area contributed by atoms with Crippen molar-refractivity contribution >= 4 is 27.5 Å². The zero-order valence-corrected chi connectivity index (χ0v) is 11.8. The van der Waals surface area contributed by atoms with E-state index < -0.39 is 0 Å². The molecule has 88 valence electrons. The predicted molar refractivity (Wildman–Crippen MR) is 73.2 cm³/mol. The molecule has 1 aliphatic rings. The topological polar surface area (TPSA) is 12.0 Å². The second-order valence-corrected chi connectivity index (χ2v) is 5.80. The van der Waals surface area contributed by atoms with Gasteiger partial charge < -0.3 is 5.32 Å². The van der Waals surface area contributed by atoms with Crippen LogP contribution in [0.4, 0.5) is 0 Å². The summed E-state index contributed by atoms with van der Waals surface area (Å²) < 4.78 is 1.06. The molecule has 3 heteroatoms. The molecule has 0 aliphatic heterocycles. The molecule has 0 heterocycles. The lowest BCUT2D eigenvalue weighted by molar-refractivity contribution is 0.620. The maximum absolute atomic E-state index is 6.24. The van der Waals surface area contributed by atoms with Crippen LogP contribution < -0.4 is 5.32 Å². The molecule has 0 spiro atoms. The van der Waals surface area contributed by atoms with Gasteiger partial charge >= 0.3 is 0 Å². The van der Waals surface area contributed by atoms with Crippen molar-refractivity contribution in [3.05, 3.63) is 33.3 Å². The summed E-state index contributed by atoms with van der Waals surface area (Å²) in [7, 11) is 0. The minimum Gasteiger partial charge on any atom is -0.316 e. The predicted octanol–water partition coefficient (Wildman–Crippen LogP) is 4.21. The van der Waals surface area contributed by atoms with Gasteiger partial charge in [-0.1, -0.05) is 40.5 Å². The zero-order valence-electron chi connectivity index (χ0n) is 9.47. The van der Waals surface area contributed by atoms with Crippen LogP contribution in [0.5, 0.6) is 0 Å². The Morgan fingerprint density at radius 1 is 1.50 bits per heavy atom. The van der Waals surface area contributed by atoms with E-state index in [1.54, 1.807) is 0 Å². The van der Waals surface area contributed by atoms with E-state index in [9.17, 15) is 0 Å². The van der Waals surface area contributed by atoms with Crippen LogP contribution in [-0.4, -0.2) is 13.1 Å². The summed E-state index contributed by atoms with van der Waals surface area (Å²) in [4.78, 5) is 0. The lowest BCUT2D eigenvalue weighted by Crippen LogP contribution is -2.17. The van der Waals surface area contributed by atoms with Gasteiger partial charge in [0.1, 0.15) is 0 Å². The number of halogens is 2. The summed E-state index contributed by atoms with van der Waals surface area (Å²) in [6.45, 7) is 4.45. The molecule has 1 N–H and O–H groups in total. The van der Waals surface area contributed by atoms with E-state index >= 15 is 0 Å². The highest BCUT2D eigenvalue weighted by molar-refractivity contribution is 9.10. The minimum atomic E-state index is 0.671. The van der Waals surface area contributed by atoms with Crippen molar-refractivity contribution in [1.29, 1.82) is 0 Å². The molecule has 1 fully saturated rings. The highest BCUT2D eigenvalue weighted by Crippen LogP contribution is 2.49. The van der Waals surface area contributed by atoms with Gasteiger partial charge in [-0.05, 0) is 55.5 Å². The first kappa shape index (κ1) is 12.4. The smallest absolute Gasteiger partial charge is 0.0452 e. The number of nitrogens with one attached hydrogen (secondary N) is 1. The third kappa shape index (κ3) is 2.99. The van der Waals surface area contributed by atoms with Crippen molar-refractivity contribution in [2.75, 3.05) is 13.1 Å². The Labute approximate surface area is 111 Å². The van der Waals surface area contributed by atoms with Crippen LogP contribution in [-0.2, 0) is 0 Å². The molecule has 2 unspecified atom stereocenters. The Morgan fingerprint density at radius 3 is 3.00 bits per heavy atom. The first-order valence-corrected chi connectivity index (χ1v) is 7.05. The summed E-state index contributed by atoms with van der Waals surface area (Å²) in [5, 5.41) is 4.38. The fourth-order valence-electron chi connectivity index (χ4n) is 2.12. The third-order valence-corrected chi connectivity index (χ3v) is 3.94. The average molecular weight is 303 g/mol. The normalized spacial score (nSPS) is 23.4. The van der Waals surface area contributed by atoms with Crippen LogP contribution in [0.1, 0.15) is 31.2 Å². The molecule has 1 saturated carbocycles. The van der Waals surface area contributed by atoms with E-state index in [0.717, 1.165) is 28.5 Å². The second-order valence-electron chi connectivity index (χ2n) is 4.47. The first-order chi connectivity index (χ1) is 7.72. The molecule has 1 aliphatic carbocycles. The van der Waals surface area contributed by atoms with Crippen molar-refractivity contribution in [1.82, 2.24) is 5.32 Å².